The molecule has 2 aliphatic rings. The number of nitriles is 8. The monoisotopic (exact) mass is 698 g/mol. The summed E-state index contributed by atoms with van der Waals surface area (Å²) in [6.07, 6.45) is -10.6. The minimum Gasteiger partial charge on any atom is -0.405 e. The lowest BCUT2D eigenvalue weighted by Gasteiger charge is -2.16. The lowest BCUT2D eigenvalue weighted by atomic mass is 9.89. The Morgan fingerprint density at radius 1 is 0.442 bits per heavy atom. The quantitative estimate of drug-likeness (QED) is 0.191. The molecule has 0 aromatic heterocycles. The van der Waals surface area contributed by atoms with Gasteiger partial charge in [-0.3, -0.25) is 0 Å². The molecule has 0 radical (unpaired) electrons. The topological polar surface area (TPSA) is 209 Å². The zero-order valence-electron chi connectivity index (χ0n) is 25.3. The van der Waals surface area contributed by atoms with E-state index in [1.807, 2.05) is 12.1 Å². The van der Waals surface area contributed by atoms with Gasteiger partial charge in [0, 0.05) is 44.5 Å². The van der Waals surface area contributed by atoms with Gasteiger partial charge in [-0.25, -0.2) is 0 Å². The molecular formula is C36H8F6N8O2. The molecule has 0 saturated carbocycles. The van der Waals surface area contributed by atoms with Gasteiger partial charge in [0.2, 0.25) is 0 Å². The van der Waals surface area contributed by atoms with E-state index >= 15 is 0 Å². The Kier molecular flexibility index (Phi) is 8.74. The Labute approximate surface area is 288 Å². The highest BCUT2D eigenvalue weighted by molar-refractivity contribution is 6.30. The molecule has 0 unspecified atom stereocenters. The maximum absolute atomic E-state index is 13.6. The van der Waals surface area contributed by atoms with Gasteiger partial charge in [-0.1, -0.05) is 0 Å². The standard InChI is InChI=1S/C36H8F6N8O2/c37-35(38,39)51-29-5-17(9-43)1-3-21(29)33-27(15-49)23-7-26-24(8-25(23)31(33)19(11-45)12-46)28(16-50)34(32(26)20(13-47)14-48)22-4-2-18(10-44)6-30(22)52-36(40,41)42/h1-8H. The molecule has 5 rings (SSSR count). The third-order valence-corrected chi connectivity index (χ3v) is 7.62. The number of rotatable bonds is 4. The van der Waals surface area contributed by atoms with Crippen molar-refractivity contribution in [2.24, 2.45) is 0 Å². The summed E-state index contributed by atoms with van der Waals surface area (Å²) >= 11 is 0. The smallest absolute Gasteiger partial charge is 0.405 e. The highest BCUT2D eigenvalue weighted by Gasteiger charge is 2.41. The summed E-state index contributed by atoms with van der Waals surface area (Å²) in [7, 11) is 0. The zero-order chi connectivity index (χ0) is 38.1. The van der Waals surface area contributed by atoms with Crippen LogP contribution in [0, 0.1) is 90.6 Å². The number of hydrogen-bond donors (Lipinski definition) is 0. The summed E-state index contributed by atoms with van der Waals surface area (Å²) < 4.78 is 89.7. The summed E-state index contributed by atoms with van der Waals surface area (Å²) in [6, 6.07) is 21.3. The molecule has 0 saturated heterocycles. The third-order valence-electron chi connectivity index (χ3n) is 7.62. The number of allylic oxidation sites excluding steroid dienone is 8. The van der Waals surface area contributed by atoms with Gasteiger partial charge < -0.3 is 9.47 Å². The van der Waals surface area contributed by atoms with Gasteiger partial charge in [0.15, 0.2) is 0 Å². The van der Waals surface area contributed by atoms with Gasteiger partial charge in [-0.15, -0.1) is 26.3 Å². The number of halogens is 6. The predicted octanol–water partition coefficient (Wildman–Crippen LogP) is 7.72. The fraction of sp³-hybridized carbons (Fsp3) is 0.0556. The molecule has 52 heavy (non-hydrogen) atoms. The van der Waals surface area contributed by atoms with Crippen molar-refractivity contribution in [1.82, 2.24) is 0 Å². The molecule has 0 spiro atoms. The van der Waals surface area contributed by atoms with Gasteiger partial charge in [-0.2, -0.15) is 42.1 Å². The summed E-state index contributed by atoms with van der Waals surface area (Å²) in [5.74, 6) is -1.95. The average molecular weight is 699 g/mol. The van der Waals surface area contributed by atoms with Crippen LogP contribution < -0.4 is 9.47 Å². The van der Waals surface area contributed by atoms with E-state index in [1.165, 1.54) is 0 Å². The van der Waals surface area contributed by atoms with Crippen LogP contribution >= 0.6 is 0 Å². The predicted molar refractivity (Wildman–Crippen MR) is 163 cm³/mol. The lowest BCUT2D eigenvalue weighted by molar-refractivity contribution is -0.275. The fourth-order valence-corrected chi connectivity index (χ4v) is 5.79. The highest BCUT2D eigenvalue weighted by Crippen LogP contribution is 2.56. The van der Waals surface area contributed by atoms with Crippen molar-refractivity contribution in [3.63, 3.8) is 0 Å². The van der Waals surface area contributed by atoms with Crippen LogP contribution in [0.1, 0.15) is 44.5 Å². The van der Waals surface area contributed by atoms with Crippen LogP contribution in [0.25, 0.3) is 33.4 Å². The van der Waals surface area contributed by atoms with Crippen molar-refractivity contribution in [3.8, 4) is 60.1 Å². The van der Waals surface area contributed by atoms with Crippen LogP contribution in [-0.4, -0.2) is 12.7 Å². The minimum absolute atomic E-state index is 0.166. The van der Waals surface area contributed by atoms with Crippen molar-refractivity contribution in [1.29, 1.82) is 42.1 Å². The van der Waals surface area contributed by atoms with E-state index in [0.29, 0.717) is 0 Å². The van der Waals surface area contributed by atoms with E-state index in [2.05, 4.69) is 9.47 Å². The maximum Gasteiger partial charge on any atom is 0.573 e. The molecule has 2 aliphatic carbocycles. The van der Waals surface area contributed by atoms with Crippen LogP contribution in [0.5, 0.6) is 11.5 Å². The van der Waals surface area contributed by atoms with Gasteiger partial charge in [0.1, 0.15) is 59.1 Å². The SMILES string of the molecule is N#CC(C#N)=C1C(c2ccc(C#N)cc2OC(F)(F)F)=C(C#N)c2cc3c(cc21)C(C#N)=C(c1ccc(C#N)cc1OC(F)(F)F)C3=C(C#N)C#N. The normalized spacial score (nSPS) is 12.8. The van der Waals surface area contributed by atoms with Gasteiger partial charge in [-0.05, 0) is 59.7 Å². The van der Waals surface area contributed by atoms with Crippen LogP contribution in [0.4, 0.5) is 26.3 Å². The van der Waals surface area contributed by atoms with E-state index in [4.69, 9.17) is 0 Å². The summed E-state index contributed by atoms with van der Waals surface area (Å²) in [4.78, 5) is 0. The van der Waals surface area contributed by atoms with Crippen LogP contribution in [0.3, 0.4) is 0 Å². The molecular weight excluding hydrogens is 690 g/mol. The van der Waals surface area contributed by atoms with E-state index in [0.717, 1.165) is 48.5 Å². The van der Waals surface area contributed by atoms with Gasteiger partial charge in [0.05, 0.1) is 34.4 Å². The number of fused-ring (bicyclic) bond motifs is 2. The zero-order valence-corrected chi connectivity index (χ0v) is 25.3. The molecule has 0 atom stereocenters. The molecule has 0 N–H and O–H groups in total. The Morgan fingerprint density at radius 3 is 1.06 bits per heavy atom. The van der Waals surface area contributed by atoms with Gasteiger partial charge >= 0.3 is 12.7 Å². The van der Waals surface area contributed by atoms with Crippen molar-refractivity contribution in [2.45, 2.75) is 12.7 Å². The molecule has 0 aliphatic heterocycles. The largest absolute Gasteiger partial charge is 0.573 e. The molecule has 0 amide bonds. The van der Waals surface area contributed by atoms with E-state index < -0.39 is 79.9 Å². The van der Waals surface area contributed by atoms with Crippen molar-refractivity contribution in [2.75, 3.05) is 0 Å². The number of nitrogens with zero attached hydrogens (tertiary/aromatic N) is 8. The highest BCUT2D eigenvalue weighted by atomic mass is 19.4. The summed E-state index contributed by atoms with van der Waals surface area (Å²) in [5, 5.41) is 79.2. The first-order valence-electron chi connectivity index (χ1n) is 13.9. The second-order valence-corrected chi connectivity index (χ2v) is 10.4. The lowest BCUT2D eigenvalue weighted by Crippen LogP contribution is -2.18. The van der Waals surface area contributed by atoms with Crippen LogP contribution in [0.15, 0.2) is 59.7 Å². The first-order chi connectivity index (χ1) is 24.7. The Bertz CT molecular complexity index is 2430. The van der Waals surface area contributed by atoms with E-state index in [-0.39, 0.29) is 33.4 Å². The second-order valence-electron chi connectivity index (χ2n) is 10.4. The molecule has 0 fully saturated rings. The van der Waals surface area contributed by atoms with Gasteiger partial charge in [0.25, 0.3) is 0 Å². The average Bonchev–Trinajstić information content (AvgIpc) is 3.58. The van der Waals surface area contributed by atoms with E-state index in [9.17, 15) is 68.4 Å². The summed E-state index contributed by atoms with van der Waals surface area (Å²) in [5.41, 5.74) is -6.15. The van der Waals surface area contributed by atoms with Crippen molar-refractivity contribution < 1.29 is 35.8 Å². The minimum atomic E-state index is -5.31. The van der Waals surface area contributed by atoms with Crippen molar-refractivity contribution in [3.05, 3.63) is 104 Å². The number of benzene rings is 3. The Balaban J connectivity index is 1.93. The molecule has 3 aromatic carbocycles. The first-order valence-corrected chi connectivity index (χ1v) is 13.9. The Hall–Kier alpha value is -8.28. The molecule has 0 bridgehead atoms. The number of alkyl halides is 6. The molecule has 16 heteroatoms. The summed E-state index contributed by atoms with van der Waals surface area (Å²) in [6.45, 7) is 0. The number of ether oxygens (including phenoxy) is 2. The third kappa shape index (κ3) is 5.96. The van der Waals surface area contributed by atoms with Crippen LogP contribution in [-0.2, 0) is 0 Å². The molecule has 246 valence electrons. The molecule has 10 nitrogen and oxygen atoms in total. The second kappa shape index (κ2) is 13.0. The first kappa shape index (κ1) is 35.0. The van der Waals surface area contributed by atoms with Crippen LogP contribution in [0.2, 0.25) is 0 Å². The van der Waals surface area contributed by atoms with Crippen molar-refractivity contribution >= 4 is 33.4 Å². The maximum atomic E-state index is 13.6. The molecule has 0 heterocycles. The molecule has 3 aromatic rings. The number of hydrogen-bond acceptors (Lipinski definition) is 10. The Morgan fingerprint density at radius 2 is 0.788 bits per heavy atom. The fourth-order valence-electron chi connectivity index (χ4n) is 5.79. The van der Waals surface area contributed by atoms with E-state index in [1.54, 1.807) is 36.4 Å².